The quantitative estimate of drug-likeness (QED) is 0.220. The summed E-state index contributed by atoms with van der Waals surface area (Å²) in [5.74, 6) is -3.02. The van der Waals surface area contributed by atoms with E-state index in [9.17, 15) is 14.4 Å². The molecule has 1 aromatic heterocycles. The van der Waals surface area contributed by atoms with Crippen LogP contribution >= 0.6 is 0 Å². The molecule has 0 unspecified atom stereocenters. The van der Waals surface area contributed by atoms with Crippen molar-refractivity contribution in [3.8, 4) is 17.2 Å². The summed E-state index contributed by atoms with van der Waals surface area (Å²) in [6.07, 6.45) is 3.59. The van der Waals surface area contributed by atoms with Crippen LogP contribution in [0.2, 0.25) is 0 Å². The molecule has 13 heteroatoms. The Labute approximate surface area is 257 Å². The molecule has 2 aromatic rings. The van der Waals surface area contributed by atoms with Crippen molar-refractivity contribution in [3.63, 3.8) is 0 Å². The summed E-state index contributed by atoms with van der Waals surface area (Å²) in [5, 5.41) is 37.6. The normalized spacial score (nSPS) is 15.9. The van der Waals surface area contributed by atoms with Crippen LogP contribution in [0.25, 0.3) is 0 Å². The maximum Gasteiger partial charge on any atom is 0.336 e. The van der Waals surface area contributed by atoms with Crippen molar-refractivity contribution in [3.05, 3.63) is 47.8 Å². The molecular weight excluding hydrogens is 574 g/mol. The monoisotopic (exact) mass is 619 g/mol. The number of methoxy groups -OCH3 is 3. The van der Waals surface area contributed by atoms with E-state index in [0.29, 0.717) is 23.3 Å². The van der Waals surface area contributed by atoms with Crippen molar-refractivity contribution in [1.82, 2.24) is 15.2 Å². The predicted molar refractivity (Wildman–Crippen MR) is 161 cm³/mol. The van der Waals surface area contributed by atoms with E-state index in [-0.39, 0.29) is 11.1 Å². The summed E-state index contributed by atoms with van der Waals surface area (Å²) in [6, 6.07) is 8.73. The summed E-state index contributed by atoms with van der Waals surface area (Å²) >= 11 is 0. The van der Waals surface area contributed by atoms with Crippen molar-refractivity contribution < 1.29 is 49.0 Å². The Bertz CT molecular complexity index is 1230. The van der Waals surface area contributed by atoms with Gasteiger partial charge in [-0.1, -0.05) is 0 Å². The first-order valence-electron chi connectivity index (χ1n) is 14.0. The maximum atomic E-state index is 10.3. The van der Waals surface area contributed by atoms with Gasteiger partial charge < -0.3 is 40.0 Å². The lowest BCUT2D eigenvalue weighted by atomic mass is 9.78. The van der Waals surface area contributed by atoms with Crippen molar-refractivity contribution in [2.45, 2.75) is 89.2 Å². The fraction of sp³-hybridized carbons (Fsp3) is 0.548. The number of benzene rings is 1. The molecule has 0 radical (unpaired) electrons. The molecular formula is C31H45N3O10. The average Bonchev–Trinajstić information content (AvgIpc) is 2.90. The van der Waals surface area contributed by atoms with Gasteiger partial charge in [0.15, 0.2) is 17.1 Å². The lowest BCUT2D eigenvalue weighted by Gasteiger charge is -2.49. The third kappa shape index (κ3) is 10.6. The van der Waals surface area contributed by atoms with Gasteiger partial charge in [-0.25, -0.2) is 4.79 Å². The number of nitrogens with zero attached hydrogens (tertiary/aromatic N) is 2. The number of aliphatic carboxylic acids is 3. The van der Waals surface area contributed by atoms with E-state index in [2.05, 4.69) is 67.2 Å². The Morgan fingerprint density at radius 2 is 1.32 bits per heavy atom. The van der Waals surface area contributed by atoms with Crippen molar-refractivity contribution >= 4 is 17.9 Å². The highest BCUT2D eigenvalue weighted by atomic mass is 16.5. The highest BCUT2D eigenvalue weighted by Crippen LogP contribution is 2.39. The second kappa shape index (κ2) is 15.2. The number of piperidine rings is 1. The lowest BCUT2D eigenvalue weighted by Crippen LogP contribution is -2.62. The Balaban J connectivity index is 0.000000439. The number of rotatable bonds is 13. The van der Waals surface area contributed by atoms with Gasteiger partial charge in [-0.05, 0) is 75.9 Å². The van der Waals surface area contributed by atoms with E-state index in [4.69, 9.17) is 34.6 Å². The predicted octanol–water partition coefficient (Wildman–Crippen LogP) is 3.17. The average molecular weight is 620 g/mol. The Morgan fingerprint density at radius 3 is 1.70 bits per heavy atom. The number of ether oxygens (including phenoxy) is 3. The minimum absolute atomic E-state index is 0.0677. The van der Waals surface area contributed by atoms with Gasteiger partial charge in [-0.3, -0.25) is 19.5 Å². The fourth-order valence-electron chi connectivity index (χ4n) is 5.74. The van der Waals surface area contributed by atoms with Gasteiger partial charge in [0.05, 0.1) is 34.2 Å². The van der Waals surface area contributed by atoms with E-state index in [1.807, 2.05) is 12.4 Å². The van der Waals surface area contributed by atoms with Crippen molar-refractivity contribution in [1.29, 1.82) is 0 Å². The van der Waals surface area contributed by atoms with Crippen LogP contribution in [-0.2, 0) is 27.5 Å². The van der Waals surface area contributed by atoms with Gasteiger partial charge in [0, 0.05) is 42.6 Å². The van der Waals surface area contributed by atoms with Crippen LogP contribution in [0.5, 0.6) is 17.2 Å². The van der Waals surface area contributed by atoms with Gasteiger partial charge >= 0.3 is 17.9 Å². The topological polar surface area (TPSA) is 188 Å². The van der Waals surface area contributed by atoms with Crippen LogP contribution in [0.4, 0.5) is 0 Å². The van der Waals surface area contributed by atoms with Gasteiger partial charge in [-0.15, -0.1) is 0 Å². The highest BCUT2D eigenvalue weighted by molar-refractivity contribution is 5.88. The van der Waals surface area contributed by atoms with Crippen LogP contribution < -0.4 is 19.5 Å². The number of pyridine rings is 1. The Hall–Kier alpha value is -3.94. The molecule has 1 fully saturated rings. The number of aromatic nitrogens is 1. The SMILES string of the molecule is COc1cc(CN(Cc2ccncc2)C2CC(C)(C)NC(C)(C)C2)cc(OC)c1OC.O=C(O)CC(O)(CC(=O)O)C(=O)O. The number of carboxylic acids is 3. The standard InChI is InChI=1S/C25H37N3O3.C6H8O7/c1-24(2)14-20(15-25(3,4)27-24)28(16-18-8-10-26-11-9-18)17-19-12-21(29-5)23(31-7)22(13-19)30-6;7-3(8)1-6(13,5(11)12)2-4(9)10/h8-13,20,27H,14-17H2,1-7H3;13H,1-2H2,(H,7,8)(H,9,10)(H,11,12). The zero-order chi connectivity index (χ0) is 33.3. The molecule has 244 valence electrons. The van der Waals surface area contributed by atoms with Crippen LogP contribution in [0.1, 0.15) is 64.5 Å². The molecule has 0 aliphatic carbocycles. The molecule has 5 N–H and O–H groups in total. The second-order valence-corrected chi connectivity index (χ2v) is 12.2. The molecule has 1 aliphatic heterocycles. The third-order valence-electron chi connectivity index (χ3n) is 7.22. The molecule has 0 amide bonds. The van der Waals surface area contributed by atoms with Crippen LogP contribution in [-0.4, -0.2) is 92.3 Å². The molecule has 1 aromatic carbocycles. The number of nitrogens with one attached hydrogen (secondary N) is 1. The summed E-state index contributed by atoms with van der Waals surface area (Å²) in [7, 11) is 4.95. The molecule has 0 spiro atoms. The number of carbonyl (C=O) groups is 3. The summed E-state index contributed by atoms with van der Waals surface area (Å²) < 4.78 is 16.7. The van der Waals surface area contributed by atoms with Gasteiger partial charge in [0.25, 0.3) is 0 Å². The number of carboxylic acid groups (broad SMARTS) is 3. The number of hydrogen-bond acceptors (Lipinski definition) is 10. The Morgan fingerprint density at radius 1 is 0.864 bits per heavy atom. The molecule has 0 bridgehead atoms. The zero-order valence-corrected chi connectivity index (χ0v) is 26.4. The fourth-order valence-corrected chi connectivity index (χ4v) is 5.74. The first-order valence-corrected chi connectivity index (χ1v) is 14.0. The van der Waals surface area contributed by atoms with E-state index >= 15 is 0 Å². The lowest BCUT2D eigenvalue weighted by molar-refractivity contribution is -0.170. The van der Waals surface area contributed by atoms with Gasteiger partial charge in [-0.2, -0.15) is 0 Å². The smallest absolute Gasteiger partial charge is 0.336 e. The van der Waals surface area contributed by atoms with Crippen LogP contribution in [0.15, 0.2) is 36.7 Å². The molecule has 3 rings (SSSR count). The molecule has 1 saturated heterocycles. The van der Waals surface area contributed by atoms with Crippen molar-refractivity contribution in [2.24, 2.45) is 0 Å². The largest absolute Gasteiger partial charge is 0.493 e. The van der Waals surface area contributed by atoms with Gasteiger partial charge in [0.1, 0.15) is 0 Å². The second-order valence-electron chi connectivity index (χ2n) is 12.2. The van der Waals surface area contributed by atoms with E-state index in [1.165, 1.54) is 5.56 Å². The molecule has 0 saturated carbocycles. The molecule has 13 nitrogen and oxygen atoms in total. The first kappa shape index (κ1) is 36.3. The van der Waals surface area contributed by atoms with Crippen molar-refractivity contribution in [2.75, 3.05) is 21.3 Å². The van der Waals surface area contributed by atoms with E-state index in [1.54, 1.807) is 21.3 Å². The third-order valence-corrected chi connectivity index (χ3v) is 7.22. The van der Waals surface area contributed by atoms with Crippen LogP contribution in [0.3, 0.4) is 0 Å². The minimum Gasteiger partial charge on any atom is -0.493 e. The Kier molecular flexibility index (Phi) is 12.5. The van der Waals surface area contributed by atoms with Crippen LogP contribution in [0, 0.1) is 0 Å². The highest BCUT2D eigenvalue weighted by Gasteiger charge is 2.41. The number of hydrogen-bond donors (Lipinski definition) is 5. The molecule has 44 heavy (non-hydrogen) atoms. The summed E-state index contributed by atoms with van der Waals surface area (Å²) in [6.45, 7) is 10.8. The molecule has 2 heterocycles. The molecule has 0 atom stereocenters. The number of aliphatic hydroxyl groups is 1. The minimum atomic E-state index is -2.74. The van der Waals surface area contributed by atoms with E-state index in [0.717, 1.165) is 31.5 Å². The summed E-state index contributed by atoms with van der Waals surface area (Å²) in [5.41, 5.74) is -0.206. The first-order chi connectivity index (χ1) is 20.4. The summed E-state index contributed by atoms with van der Waals surface area (Å²) in [4.78, 5) is 37.2. The van der Waals surface area contributed by atoms with E-state index < -0.39 is 36.4 Å². The zero-order valence-electron chi connectivity index (χ0n) is 26.4. The molecule has 1 aliphatic rings. The maximum absolute atomic E-state index is 10.3. The van der Waals surface area contributed by atoms with Gasteiger partial charge in [0.2, 0.25) is 5.75 Å².